The summed E-state index contributed by atoms with van der Waals surface area (Å²) in [6.45, 7) is 6.23. The Morgan fingerprint density at radius 1 is 1.50 bits per heavy atom. The molecule has 100 valence electrons. The minimum atomic E-state index is 0.676. The van der Waals surface area contributed by atoms with Crippen LogP contribution < -0.4 is 10.2 Å². The van der Waals surface area contributed by atoms with Crippen LogP contribution in [0.3, 0.4) is 0 Å². The van der Waals surface area contributed by atoms with Crippen molar-refractivity contribution < 1.29 is 0 Å². The third-order valence-electron chi connectivity index (χ3n) is 3.62. The van der Waals surface area contributed by atoms with E-state index in [1.807, 2.05) is 6.20 Å². The van der Waals surface area contributed by atoms with Crippen LogP contribution in [-0.2, 0) is 6.54 Å². The summed E-state index contributed by atoms with van der Waals surface area (Å²) in [6.07, 6.45) is 3.17. The van der Waals surface area contributed by atoms with Crippen molar-refractivity contribution in [1.29, 1.82) is 0 Å². The largest absolute Gasteiger partial charge is 0.370 e. The fourth-order valence-corrected chi connectivity index (χ4v) is 2.41. The van der Waals surface area contributed by atoms with Gasteiger partial charge in [-0.1, -0.05) is 6.92 Å². The van der Waals surface area contributed by atoms with Gasteiger partial charge in [0.15, 0.2) is 0 Å². The predicted octanol–water partition coefficient (Wildman–Crippen LogP) is 1.33. The van der Waals surface area contributed by atoms with Crippen LogP contribution in [0.15, 0.2) is 18.3 Å². The van der Waals surface area contributed by atoms with E-state index >= 15 is 0 Å². The van der Waals surface area contributed by atoms with E-state index in [0.717, 1.165) is 31.9 Å². The Hall–Kier alpha value is -1.13. The van der Waals surface area contributed by atoms with E-state index in [-0.39, 0.29) is 0 Å². The van der Waals surface area contributed by atoms with Gasteiger partial charge < -0.3 is 15.1 Å². The summed E-state index contributed by atoms with van der Waals surface area (Å²) in [7, 11) is 4.33. The van der Waals surface area contributed by atoms with Gasteiger partial charge in [0.1, 0.15) is 0 Å². The average molecular weight is 248 g/mol. The summed E-state index contributed by atoms with van der Waals surface area (Å²) in [6, 6.07) is 5.00. The first-order valence-corrected chi connectivity index (χ1v) is 6.77. The SMILES string of the molecule is CCNCc1cc(N2CCC(N(C)C)C2)ccn1. The fraction of sp³-hybridized carbons (Fsp3) is 0.643. The molecule has 1 N–H and O–H groups in total. The molecule has 4 nitrogen and oxygen atoms in total. The molecule has 1 atom stereocenters. The van der Waals surface area contributed by atoms with Crippen LogP contribution in [0.5, 0.6) is 0 Å². The molecule has 1 saturated heterocycles. The summed E-state index contributed by atoms with van der Waals surface area (Å²) >= 11 is 0. The summed E-state index contributed by atoms with van der Waals surface area (Å²) in [5, 5.41) is 3.32. The number of nitrogens with one attached hydrogen (secondary N) is 1. The van der Waals surface area contributed by atoms with Crippen LogP contribution in [-0.4, -0.2) is 49.7 Å². The molecule has 1 aliphatic heterocycles. The van der Waals surface area contributed by atoms with Gasteiger partial charge in [-0.2, -0.15) is 0 Å². The maximum atomic E-state index is 4.40. The highest BCUT2D eigenvalue weighted by Crippen LogP contribution is 2.22. The van der Waals surface area contributed by atoms with Gasteiger partial charge in [0.2, 0.25) is 0 Å². The smallest absolute Gasteiger partial charge is 0.0562 e. The Morgan fingerprint density at radius 3 is 3.00 bits per heavy atom. The lowest BCUT2D eigenvalue weighted by Crippen LogP contribution is -2.31. The molecule has 0 saturated carbocycles. The van der Waals surface area contributed by atoms with Crippen LogP contribution >= 0.6 is 0 Å². The number of nitrogens with zero attached hydrogens (tertiary/aromatic N) is 3. The van der Waals surface area contributed by atoms with E-state index in [9.17, 15) is 0 Å². The minimum Gasteiger partial charge on any atom is -0.370 e. The second-order valence-electron chi connectivity index (χ2n) is 5.14. The van der Waals surface area contributed by atoms with Crippen molar-refractivity contribution in [2.24, 2.45) is 0 Å². The minimum absolute atomic E-state index is 0.676. The summed E-state index contributed by atoms with van der Waals surface area (Å²) in [5.41, 5.74) is 2.44. The van der Waals surface area contributed by atoms with E-state index in [4.69, 9.17) is 0 Å². The molecule has 0 amide bonds. The third kappa shape index (κ3) is 3.21. The zero-order valence-electron chi connectivity index (χ0n) is 11.7. The van der Waals surface area contributed by atoms with Crippen LogP contribution in [0.25, 0.3) is 0 Å². The van der Waals surface area contributed by atoms with Gasteiger partial charge in [0, 0.05) is 37.6 Å². The zero-order chi connectivity index (χ0) is 13.0. The quantitative estimate of drug-likeness (QED) is 0.852. The van der Waals surface area contributed by atoms with Crippen LogP contribution in [0.2, 0.25) is 0 Å². The Kier molecular flexibility index (Phi) is 4.55. The van der Waals surface area contributed by atoms with Crippen LogP contribution in [0.1, 0.15) is 19.0 Å². The monoisotopic (exact) mass is 248 g/mol. The normalized spacial score (nSPS) is 19.8. The van der Waals surface area contributed by atoms with Gasteiger partial charge >= 0.3 is 0 Å². The molecular weight excluding hydrogens is 224 g/mol. The Balaban J connectivity index is 2.01. The highest BCUT2D eigenvalue weighted by molar-refractivity contribution is 5.47. The lowest BCUT2D eigenvalue weighted by atomic mass is 10.2. The number of likely N-dealkylation sites (N-methyl/N-ethyl adjacent to an activating group) is 1. The molecule has 4 heteroatoms. The average Bonchev–Trinajstić information content (AvgIpc) is 2.86. The van der Waals surface area contributed by atoms with Crippen molar-refractivity contribution in [2.45, 2.75) is 25.9 Å². The molecule has 1 aromatic heterocycles. The second kappa shape index (κ2) is 6.16. The maximum Gasteiger partial charge on any atom is 0.0562 e. The van der Waals surface area contributed by atoms with E-state index in [0.29, 0.717) is 6.04 Å². The number of rotatable bonds is 5. The van der Waals surface area contributed by atoms with Crippen molar-refractivity contribution in [1.82, 2.24) is 15.2 Å². The Bertz CT molecular complexity index is 378. The molecule has 0 aliphatic carbocycles. The van der Waals surface area contributed by atoms with Crippen molar-refractivity contribution in [3.63, 3.8) is 0 Å². The van der Waals surface area contributed by atoms with Crippen molar-refractivity contribution in [3.05, 3.63) is 24.0 Å². The fourth-order valence-electron chi connectivity index (χ4n) is 2.41. The zero-order valence-corrected chi connectivity index (χ0v) is 11.7. The van der Waals surface area contributed by atoms with E-state index in [1.54, 1.807) is 0 Å². The lowest BCUT2D eigenvalue weighted by Gasteiger charge is -2.22. The van der Waals surface area contributed by atoms with Crippen molar-refractivity contribution >= 4 is 5.69 Å². The number of aromatic nitrogens is 1. The summed E-state index contributed by atoms with van der Waals surface area (Å²) in [4.78, 5) is 9.18. The Labute approximate surface area is 110 Å². The first kappa shape index (κ1) is 13.3. The molecule has 1 aliphatic rings. The van der Waals surface area contributed by atoms with Gasteiger partial charge in [0.25, 0.3) is 0 Å². The van der Waals surface area contributed by atoms with Crippen molar-refractivity contribution in [3.8, 4) is 0 Å². The third-order valence-corrected chi connectivity index (χ3v) is 3.62. The van der Waals surface area contributed by atoms with Gasteiger partial charge in [0.05, 0.1) is 5.69 Å². The van der Waals surface area contributed by atoms with E-state index in [1.165, 1.54) is 12.1 Å². The van der Waals surface area contributed by atoms with Gasteiger partial charge in [-0.15, -0.1) is 0 Å². The van der Waals surface area contributed by atoms with Gasteiger partial charge in [-0.25, -0.2) is 0 Å². The molecule has 1 unspecified atom stereocenters. The first-order valence-electron chi connectivity index (χ1n) is 6.77. The molecule has 1 fully saturated rings. The molecule has 1 aromatic rings. The molecule has 2 heterocycles. The summed E-state index contributed by atoms with van der Waals surface area (Å²) in [5.74, 6) is 0. The second-order valence-corrected chi connectivity index (χ2v) is 5.14. The van der Waals surface area contributed by atoms with Gasteiger partial charge in [-0.3, -0.25) is 4.98 Å². The maximum absolute atomic E-state index is 4.40. The molecule has 0 spiro atoms. The highest BCUT2D eigenvalue weighted by Gasteiger charge is 2.24. The van der Waals surface area contributed by atoms with Gasteiger partial charge in [-0.05, 0) is 39.2 Å². The molecule has 0 aromatic carbocycles. The molecule has 0 radical (unpaired) electrons. The van der Waals surface area contributed by atoms with Crippen LogP contribution in [0, 0.1) is 0 Å². The van der Waals surface area contributed by atoms with Crippen molar-refractivity contribution in [2.75, 3.05) is 38.6 Å². The Morgan fingerprint density at radius 2 is 2.33 bits per heavy atom. The predicted molar refractivity (Wildman–Crippen MR) is 75.9 cm³/mol. The standard InChI is InChI=1S/C14H24N4/c1-4-15-10-12-9-13(5-7-16-12)18-8-6-14(11-18)17(2)3/h5,7,9,14-15H,4,6,8,10-11H2,1-3H3. The highest BCUT2D eigenvalue weighted by atomic mass is 15.2. The number of anilines is 1. The van der Waals surface area contributed by atoms with E-state index in [2.05, 4.69) is 53.3 Å². The topological polar surface area (TPSA) is 31.4 Å². The molecular formula is C14H24N4. The summed E-state index contributed by atoms with van der Waals surface area (Å²) < 4.78 is 0. The number of pyridine rings is 1. The molecule has 2 rings (SSSR count). The number of hydrogen-bond donors (Lipinski definition) is 1. The lowest BCUT2D eigenvalue weighted by molar-refractivity contribution is 0.315. The molecule has 18 heavy (non-hydrogen) atoms. The van der Waals surface area contributed by atoms with E-state index < -0.39 is 0 Å². The molecule has 0 bridgehead atoms. The first-order chi connectivity index (χ1) is 8.70. The van der Waals surface area contributed by atoms with Crippen LogP contribution in [0.4, 0.5) is 5.69 Å². The number of hydrogen-bond acceptors (Lipinski definition) is 4.